The number of hydrogen-bond acceptors (Lipinski definition) is 5. The second-order valence-corrected chi connectivity index (χ2v) is 5.07. The van der Waals surface area contributed by atoms with Gasteiger partial charge >= 0.3 is 0 Å². The number of anilines is 1. The number of thiocarbonyl (C=S) groups is 1. The molecule has 0 radical (unpaired) electrons. The largest absolute Gasteiger partial charge is 0.441 e. The van der Waals surface area contributed by atoms with Crippen LogP contribution in [0.25, 0.3) is 6.08 Å². The molecule has 6 nitrogen and oxygen atoms in total. The van der Waals surface area contributed by atoms with Crippen molar-refractivity contribution in [2.75, 3.05) is 18.0 Å². The Morgan fingerprint density at radius 1 is 1.15 bits per heavy atom. The van der Waals surface area contributed by atoms with E-state index in [2.05, 4.69) is 15.5 Å². The van der Waals surface area contributed by atoms with Crippen molar-refractivity contribution in [3.05, 3.63) is 23.5 Å². The van der Waals surface area contributed by atoms with Crippen LogP contribution in [0.1, 0.15) is 18.6 Å². The molecule has 20 heavy (non-hydrogen) atoms. The first-order valence-electron chi connectivity index (χ1n) is 6.36. The van der Waals surface area contributed by atoms with Gasteiger partial charge in [0.05, 0.1) is 0 Å². The van der Waals surface area contributed by atoms with Crippen LogP contribution in [0.2, 0.25) is 0 Å². The van der Waals surface area contributed by atoms with Gasteiger partial charge in [0.2, 0.25) is 0 Å². The molecule has 0 aromatic carbocycles. The van der Waals surface area contributed by atoms with Crippen LogP contribution < -0.4 is 15.5 Å². The van der Waals surface area contributed by atoms with E-state index >= 15 is 0 Å². The Morgan fingerprint density at radius 3 is 2.45 bits per heavy atom. The van der Waals surface area contributed by atoms with Gasteiger partial charge in [0.25, 0.3) is 11.8 Å². The summed E-state index contributed by atoms with van der Waals surface area (Å²) in [6.45, 7) is 1.94. The smallest absolute Gasteiger partial charge is 0.263 e. The minimum atomic E-state index is -0.516. The molecule has 0 saturated carbocycles. The summed E-state index contributed by atoms with van der Waals surface area (Å²) in [5.74, 6) is 0.206. The normalized spacial score (nSPS) is 19.1. The van der Waals surface area contributed by atoms with E-state index in [-0.39, 0.29) is 10.7 Å². The van der Waals surface area contributed by atoms with Gasteiger partial charge in [0.1, 0.15) is 11.3 Å². The van der Waals surface area contributed by atoms with Gasteiger partial charge in [0, 0.05) is 19.2 Å². The topological polar surface area (TPSA) is 74.6 Å². The van der Waals surface area contributed by atoms with Crippen molar-refractivity contribution in [2.24, 2.45) is 0 Å². The molecule has 2 saturated heterocycles. The lowest BCUT2D eigenvalue weighted by Crippen LogP contribution is -2.51. The van der Waals surface area contributed by atoms with E-state index in [9.17, 15) is 9.59 Å². The number of rotatable bonds is 2. The number of amides is 2. The van der Waals surface area contributed by atoms with Crippen LogP contribution in [0.3, 0.4) is 0 Å². The fourth-order valence-corrected chi connectivity index (χ4v) is 2.46. The molecular formula is C13H13N3O3S. The minimum Gasteiger partial charge on any atom is -0.441 e. The van der Waals surface area contributed by atoms with Gasteiger partial charge in [-0.05, 0) is 37.2 Å². The fraction of sp³-hybridized carbons (Fsp3) is 0.308. The monoisotopic (exact) mass is 291 g/mol. The van der Waals surface area contributed by atoms with Gasteiger partial charge in [-0.2, -0.15) is 0 Å². The third-order valence-electron chi connectivity index (χ3n) is 3.26. The molecule has 1 aromatic heterocycles. The van der Waals surface area contributed by atoms with E-state index in [4.69, 9.17) is 16.6 Å². The molecule has 0 aliphatic carbocycles. The lowest BCUT2D eigenvalue weighted by Gasteiger charge is -2.16. The number of carbonyl (C=O) groups is 2. The second kappa shape index (κ2) is 5.09. The SMILES string of the molecule is O=C1NC(=S)NC(=O)C1=Cc1ccc(N2CCCC2)o1. The van der Waals surface area contributed by atoms with Crippen LogP contribution in [0.15, 0.2) is 22.1 Å². The highest BCUT2D eigenvalue weighted by Gasteiger charge is 2.26. The molecule has 0 spiro atoms. The molecule has 7 heteroatoms. The molecule has 2 aliphatic heterocycles. The van der Waals surface area contributed by atoms with E-state index in [0.29, 0.717) is 5.76 Å². The maximum Gasteiger partial charge on any atom is 0.263 e. The summed E-state index contributed by atoms with van der Waals surface area (Å²) in [6, 6.07) is 3.59. The zero-order chi connectivity index (χ0) is 14.1. The Kier molecular flexibility index (Phi) is 3.27. The van der Waals surface area contributed by atoms with Crippen molar-refractivity contribution in [2.45, 2.75) is 12.8 Å². The van der Waals surface area contributed by atoms with Gasteiger partial charge in [-0.3, -0.25) is 20.2 Å². The molecule has 0 unspecified atom stereocenters. The molecule has 2 N–H and O–H groups in total. The van der Waals surface area contributed by atoms with Gasteiger partial charge in [0.15, 0.2) is 11.0 Å². The number of nitrogens with zero attached hydrogens (tertiary/aromatic N) is 1. The fourth-order valence-electron chi connectivity index (χ4n) is 2.28. The summed E-state index contributed by atoms with van der Waals surface area (Å²) in [5, 5.41) is 4.79. The first-order chi connectivity index (χ1) is 9.63. The van der Waals surface area contributed by atoms with Gasteiger partial charge < -0.3 is 9.32 Å². The third-order valence-corrected chi connectivity index (χ3v) is 3.46. The predicted octanol–water partition coefficient (Wildman–Crippen LogP) is 0.794. The van der Waals surface area contributed by atoms with Gasteiger partial charge in [-0.25, -0.2) is 0 Å². The average molecular weight is 291 g/mol. The summed E-state index contributed by atoms with van der Waals surface area (Å²) >= 11 is 4.73. The number of nitrogens with one attached hydrogen (secondary N) is 2. The standard InChI is InChI=1S/C13H13N3O3S/c17-11-9(12(18)15-13(20)14-11)7-8-3-4-10(19-8)16-5-1-2-6-16/h3-4,7H,1-2,5-6H2,(H2,14,15,17,18,20). The molecule has 3 heterocycles. The third kappa shape index (κ3) is 2.44. The van der Waals surface area contributed by atoms with Crippen molar-refractivity contribution in [1.82, 2.24) is 10.6 Å². The number of furan rings is 1. The van der Waals surface area contributed by atoms with Crippen molar-refractivity contribution in [3.63, 3.8) is 0 Å². The molecule has 2 amide bonds. The van der Waals surface area contributed by atoms with Crippen LogP contribution in [0.4, 0.5) is 5.88 Å². The maximum absolute atomic E-state index is 11.7. The predicted molar refractivity (Wildman–Crippen MR) is 77.0 cm³/mol. The van der Waals surface area contributed by atoms with Crippen molar-refractivity contribution < 1.29 is 14.0 Å². The molecule has 2 aliphatic rings. The van der Waals surface area contributed by atoms with Crippen LogP contribution >= 0.6 is 12.2 Å². The lowest BCUT2D eigenvalue weighted by atomic mass is 10.1. The van der Waals surface area contributed by atoms with Crippen molar-refractivity contribution in [1.29, 1.82) is 0 Å². The molecule has 3 rings (SSSR count). The number of hydrogen-bond donors (Lipinski definition) is 2. The zero-order valence-electron chi connectivity index (χ0n) is 10.6. The average Bonchev–Trinajstić information content (AvgIpc) is 3.04. The van der Waals surface area contributed by atoms with E-state index < -0.39 is 11.8 Å². The van der Waals surface area contributed by atoms with Crippen molar-refractivity contribution in [3.8, 4) is 0 Å². The van der Waals surface area contributed by atoms with Crippen LogP contribution in [-0.4, -0.2) is 30.0 Å². The Balaban J connectivity index is 1.82. The highest BCUT2D eigenvalue weighted by atomic mass is 32.1. The summed E-state index contributed by atoms with van der Waals surface area (Å²) in [7, 11) is 0. The van der Waals surface area contributed by atoms with Crippen LogP contribution in [0.5, 0.6) is 0 Å². The lowest BCUT2D eigenvalue weighted by molar-refractivity contribution is -0.123. The van der Waals surface area contributed by atoms with E-state index in [1.165, 1.54) is 6.08 Å². The molecule has 0 atom stereocenters. The van der Waals surface area contributed by atoms with E-state index in [0.717, 1.165) is 31.8 Å². The summed E-state index contributed by atoms with van der Waals surface area (Å²) < 4.78 is 5.65. The Hall–Kier alpha value is -2.15. The highest BCUT2D eigenvalue weighted by Crippen LogP contribution is 2.24. The van der Waals surface area contributed by atoms with Gasteiger partial charge in [-0.15, -0.1) is 0 Å². The highest BCUT2D eigenvalue weighted by molar-refractivity contribution is 7.80. The van der Waals surface area contributed by atoms with E-state index in [1.54, 1.807) is 6.07 Å². The van der Waals surface area contributed by atoms with Gasteiger partial charge in [-0.1, -0.05) is 0 Å². The Bertz CT molecular complexity index is 592. The summed E-state index contributed by atoms with van der Waals surface area (Å²) in [5.41, 5.74) is -0.0130. The Labute approximate surface area is 120 Å². The molecule has 0 bridgehead atoms. The quantitative estimate of drug-likeness (QED) is 0.479. The number of carbonyl (C=O) groups excluding carboxylic acids is 2. The minimum absolute atomic E-state index is 0.0130. The van der Waals surface area contributed by atoms with Crippen LogP contribution in [-0.2, 0) is 9.59 Å². The maximum atomic E-state index is 11.7. The zero-order valence-corrected chi connectivity index (χ0v) is 11.5. The molecule has 2 fully saturated rings. The summed E-state index contributed by atoms with van der Waals surface area (Å²) in [6.07, 6.45) is 3.73. The first kappa shape index (κ1) is 12.9. The first-order valence-corrected chi connectivity index (χ1v) is 6.77. The summed E-state index contributed by atoms with van der Waals surface area (Å²) in [4.78, 5) is 25.5. The van der Waals surface area contributed by atoms with Crippen LogP contribution in [0, 0.1) is 0 Å². The molecule has 1 aromatic rings. The molecule has 104 valence electrons. The molecular weight excluding hydrogens is 278 g/mol. The van der Waals surface area contributed by atoms with E-state index in [1.807, 2.05) is 6.07 Å². The Morgan fingerprint density at radius 2 is 1.80 bits per heavy atom. The second-order valence-electron chi connectivity index (χ2n) is 4.67. The van der Waals surface area contributed by atoms with Crippen molar-refractivity contribution >= 4 is 41.1 Å².